The molecule has 0 fully saturated rings. The van der Waals surface area contributed by atoms with Crippen LogP contribution in [0.2, 0.25) is 0 Å². The maximum atomic E-state index is 14.7. The number of carbonyl (C=O) groups is 7. The van der Waals surface area contributed by atoms with Crippen LogP contribution in [0, 0.1) is 12.7 Å². The average Bonchev–Trinajstić information content (AvgIpc) is 3.79. The number of hydrogen-bond acceptors (Lipinski definition) is 12. The maximum absolute atomic E-state index is 14.7. The van der Waals surface area contributed by atoms with Crippen LogP contribution in [-0.4, -0.2) is 100 Å². The van der Waals surface area contributed by atoms with Crippen molar-refractivity contribution in [3.8, 4) is 11.4 Å². The van der Waals surface area contributed by atoms with Gasteiger partial charge in [-0.05, 0) is 81.7 Å². The topological polar surface area (TPSA) is 244 Å². The Morgan fingerprint density at radius 2 is 1.60 bits per heavy atom. The second kappa shape index (κ2) is 23.8. The first kappa shape index (κ1) is 49.3. The quantitative estimate of drug-likeness (QED) is 0.0312. The molecule has 2 aliphatic rings. The first-order valence-corrected chi connectivity index (χ1v) is 21.0. The second-order valence-corrected chi connectivity index (χ2v) is 14.8. The van der Waals surface area contributed by atoms with Crippen molar-refractivity contribution in [2.45, 2.75) is 105 Å². The van der Waals surface area contributed by atoms with Crippen molar-refractivity contribution >= 4 is 52.8 Å². The van der Waals surface area contributed by atoms with Crippen molar-refractivity contribution in [3.63, 3.8) is 0 Å². The molecule has 4 heterocycles. The molecule has 0 radical (unpaired) electrons. The Labute approximate surface area is 364 Å². The Morgan fingerprint density at radius 1 is 0.905 bits per heavy atom. The molecule has 1 aromatic carbocycles. The first-order valence-electron chi connectivity index (χ1n) is 21.0. The lowest BCUT2D eigenvalue weighted by Gasteiger charge is -2.15. The van der Waals surface area contributed by atoms with E-state index in [4.69, 9.17) is 14.5 Å². The molecule has 0 saturated heterocycles. The average molecular weight is 878 g/mol. The van der Waals surface area contributed by atoms with Crippen LogP contribution < -0.4 is 26.8 Å². The largest absolute Gasteiger partial charge is 0.463 e. The molecule has 19 heteroatoms. The number of imide groups is 1. The number of hydrogen-bond donors (Lipinski definition) is 5. The number of halogens is 1. The van der Waals surface area contributed by atoms with Crippen LogP contribution in [0.25, 0.3) is 22.3 Å². The predicted octanol–water partition coefficient (Wildman–Crippen LogP) is 2.26. The van der Waals surface area contributed by atoms with E-state index < -0.39 is 47.8 Å². The van der Waals surface area contributed by atoms with E-state index in [2.05, 4.69) is 21.3 Å². The summed E-state index contributed by atoms with van der Waals surface area (Å²) in [5.41, 5.74) is 3.57. The lowest BCUT2D eigenvalue weighted by atomic mass is 9.95. The van der Waals surface area contributed by atoms with E-state index in [0.29, 0.717) is 66.6 Å². The molecule has 2 aromatic heterocycles. The number of benzene rings is 1. The Bertz CT molecular complexity index is 2270. The summed E-state index contributed by atoms with van der Waals surface area (Å²) in [6.45, 7) is 8.42. The van der Waals surface area contributed by atoms with Gasteiger partial charge in [-0.15, -0.1) is 0 Å². The molecule has 5 rings (SSSR count). The van der Waals surface area contributed by atoms with E-state index in [0.717, 1.165) is 21.4 Å². The number of aromatic nitrogens is 2. The Morgan fingerprint density at radius 3 is 2.30 bits per heavy atom. The summed E-state index contributed by atoms with van der Waals surface area (Å²) < 4.78 is 26.8. The van der Waals surface area contributed by atoms with Gasteiger partial charge in [0.05, 0.1) is 48.2 Å². The summed E-state index contributed by atoms with van der Waals surface area (Å²) in [6, 6.07) is 3.82. The minimum Gasteiger partial charge on any atom is -0.463 e. The third kappa shape index (κ3) is 13.1. The van der Waals surface area contributed by atoms with Crippen molar-refractivity contribution in [2.24, 2.45) is 0 Å². The van der Waals surface area contributed by atoms with E-state index in [9.17, 15) is 47.9 Å². The standard InChI is InChI=1S/C42H50FN7O11.C2H6/c1-24-15-29-27(30-20-50-34(40(30)48-33(29)17-32(24)43)16-28(26(3)52)31(42(50)59)21-61-23-51)9-6-8-14-60-22-46-41(58)25(2)47-37(55)19-45-36(54)18-44-35(53)10-5-4-7-13-49-38(56)11-12-39(49)57;1-2/h11-12,15-17,23,25-26,52H,4-10,13-14,18-22H2,1-3H3,(H,44,53)(H,45,54)(H,46,58)(H,47,55);1-2H3/t25-,26?;/m0./s1. The van der Waals surface area contributed by atoms with Gasteiger partial charge >= 0.3 is 0 Å². The molecule has 0 spiro atoms. The monoisotopic (exact) mass is 877 g/mol. The van der Waals surface area contributed by atoms with E-state index in [1.807, 2.05) is 13.8 Å². The van der Waals surface area contributed by atoms with Crippen LogP contribution in [-0.2, 0) is 62.6 Å². The fraction of sp³-hybridized carbons (Fsp3) is 0.477. The number of aliphatic hydroxyl groups excluding tert-OH is 1. The molecule has 6 amide bonds. The number of nitrogens with zero attached hydrogens (tertiary/aromatic N) is 3. The second-order valence-electron chi connectivity index (χ2n) is 14.8. The first-order chi connectivity index (χ1) is 30.2. The zero-order valence-electron chi connectivity index (χ0n) is 36.3. The number of rotatable bonds is 23. The fourth-order valence-corrected chi connectivity index (χ4v) is 7.12. The smallest absolute Gasteiger partial charge is 0.293 e. The Balaban J connectivity index is 0.00000429. The molecule has 0 saturated carbocycles. The minimum atomic E-state index is -1.03. The molecule has 2 aliphatic heterocycles. The van der Waals surface area contributed by atoms with Crippen molar-refractivity contribution in [3.05, 3.63) is 74.3 Å². The van der Waals surface area contributed by atoms with Crippen LogP contribution in [0.4, 0.5) is 4.39 Å². The highest BCUT2D eigenvalue weighted by Crippen LogP contribution is 2.38. The SMILES string of the molecule is CC.Cc1cc2c(CCCCOCNC(=O)[C@H](C)NC(=O)CNC(=O)CNC(=O)CCCCCN3C(=O)C=CC3=O)c3c(nc2cc1F)-c1cc(C(C)O)c(COC=O)c(=O)n1C3. The molecule has 1 unspecified atom stereocenters. The molecule has 3 aromatic rings. The van der Waals surface area contributed by atoms with Crippen LogP contribution in [0.3, 0.4) is 0 Å². The lowest BCUT2D eigenvalue weighted by Crippen LogP contribution is -2.49. The van der Waals surface area contributed by atoms with Crippen LogP contribution in [0.1, 0.15) is 100 Å². The Hall–Kier alpha value is -6.34. The van der Waals surface area contributed by atoms with E-state index in [-0.39, 0.29) is 75.8 Å². The maximum Gasteiger partial charge on any atom is 0.293 e. The van der Waals surface area contributed by atoms with Crippen LogP contribution in [0.15, 0.2) is 35.1 Å². The molecule has 0 aliphatic carbocycles. The molecular formula is C44H56FN7O11. The number of fused-ring (bicyclic) bond motifs is 4. The number of aliphatic hydroxyl groups is 1. The number of nitrogens with one attached hydrogen (secondary N) is 4. The van der Waals surface area contributed by atoms with Gasteiger partial charge in [0.25, 0.3) is 23.8 Å². The summed E-state index contributed by atoms with van der Waals surface area (Å²) in [6.07, 6.45) is 4.95. The number of carbonyl (C=O) groups excluding carboxylic acids is 7. The van der Waals surface area contributed by atoms with E-state index in [1.54, 1.807) is 19.1 Å². The van der Waals surface area contributed by atoms with Crippen molar-refractivity contribution < 1.29 is 52.5 Å². The predicted molar refractivity (Wildman–Crippen MR) is 228 cm³/mol. The highest BCUT2D eigenvalue weighted by molar-refractivity contribution is 6.12. The van der Waals surface area contributed by atoms with Gasteiger partial charge in [0, 0.05) is 48.7 Å². The number of ether oxygens (including phenoxy) is 2. The highest BCUT2D eigenvalue weighted by Gasteiger charge is 2.29. The van der Waals surface area contributed by atoms with Gasteiger partial charge in [-0.3, -0.25) is 43.3 Å². The van der Waals surface area contributed by atoms with Gasteiger partial charge in [0.15, 0.2) is 0 Å². The summed E-state index contributed by atoms with van der Waals surface area (Å²) in [5, 5.41) is 21.1. The van der Waals surface area contributed by atoms with Gasteiger partial charge in [-0.25, -0.2) is 9.37 Å². The van der Waals surface area contributed by atoms with Crippen molar-refractivity contribution in [1.29, 1.82) is 0 Å². The van der Waals surface area contributed by atoms with Crippen LogP contribution >= 0.6 is 0 Å². The number of pyridine rings is 2. The van der Waals surface area contributed by atoms with Gasteiger partial charge < -0.3 is 40.4 Å². The fourth-order valence-electron chi connectivity index (χ4n) is 7.12. The van der Waals surface area contributed by atoms with Crippen molar-refractivity contribution in [1.82, 2.24) is 35.7 Å². The molecule has 0 bridgehead atoms. The minimum absolute atomic E-state index is 0.128. The van der Waals surface area contributed by atoms with E-state index in [1.165, 1.54) is 36.6 Å². The summed E-state index contributed by atoms with van der Waals surface area (Å²) >= 11 is 0. The third-order valence-corrected chi connectivity index (χ3v) is 10.4. The highest BCUT2D eigenvalue weighted by atomic mass is 19.1. The van der Waals surface area contributed by atoms with Gasteiger partial charge in [0.1, 0.15) is 25.2 Å². The summed E-state index contributed by atoms with van der Waals surface area (Å²) in [4.78, 5) is 103. The van der Waals surface area contributed by atoms with Gasteiger partial charge in [-0.1, -0.05) is 20.3 Å². The molecule has 2 atom stereocenters. The van der Waals surface area contributed by atoms with Gasteiger partial charge in [-0.2, -0.15) is 0 Å². The van der Waals surface area contributed by atoms with Crippen molar-refractivity contribution in [2.75, 3.05) is 33.0 Å². The van der Waals surface area contributed by atoms with E-state index >= 15 is 0 Å². The third-order valence-electron chi connectivity index (χ3n) is 10.4. The number of amides is 6. The molecule has 18 nitrogen and oxygen atoms in total. The molecule has 340 valence electrons. The normalized spacial score (nSPS) is 13.4. The molecule has 5 N–H and O–H groups in total. The zero-order chi connectivity index (χ0) is 46.2. The Kier molecular flexibility index (Phi) is 18.6. The number of unbranched alkanes of at least 4 members (excludes halogenated alkanes) is 3. The summed E-state index contributed by atoms with van der Waals surface area (Å²) in [5.74, 6) is -3.22. The zero-order valence-corrected chi connectivity index (χ0v) is 36.3. The molecule has 63 heavy (non-hydrogen) atoms. The molecular weight excluding hydrogens is 822 g/mol. The van der Waals surface area contributed by atoms with Crippen LogP contribution in [0.5, 0.6) is 0 Å². The lowest BCUT2D eigenvalue weighted by molar-refractivity contribution is -0.137. The summed E-state index contributed by atoms with van der Waals surface area (Å²) in [7, 11) is 0. The van der Waals surface area contributed by atoms with Gasteiger partial charge in [0.2, 0.25) is 23.6 Å². The number of aryl methyl sites for hydroxylation is 2.